The predicted octanol–water partition coefficient (Wildman–Crippen LogP) is -0.419. The quantitative estimate of drug-likeness (QED) is 0.500. The smallest absolute Gasteiger partial charge is 0.229 e. The summed E-state index contributed by atoms with van der Waals surface area (Å²) < 4.78 is 0. The van der Waals surface area contributed by atoms with E-state index < -0.39 is 0 Å². The maximum atomic E-state index is 7.10. The van der Waals surface area contributed by atoms with Crippen LogP contribution in [-0.4, -0.2) is 27.5 Å². The van der Waals surface area contributed by atoms with Crippen molar-refractivity contribution in [2.24, 2.45) is 11.7 Å². The van der Waals surface area contributed by atoms with Gasteiger partial charge in [-0.15, -0.1) is 0 Å². The molecule has 1 saturated heterocycles. The lowest BCUT2D eigenvalue weighted by atomic mass is 9.99. The van der Waals surface area contributed by atoms with Gasteiger partial charge in [0.05, 0.1) is 0 Å². The van der Waals surface area contributed by atoms with Gasteiger partial charge in [-0.05, 0) is 44.4 Å². The highest BCUT2D eigenvalue weighted by Gasteiger charge is 2.09. The van der Waals surface area contributed by atoms with Crippen molar-refractivity contribution in [3.63, 3.8) is 0 Å². The van der Waals surface area contributed by atoms with Crippen LogP contribution in [0.15, 0.2) is 0 Å². The number of hydrogen-bond donors (Lipinski definition) is 2. The fourth-order valence-electron chi connectivity index (χ4n) is 1.12. The van der Waals surface area contributed by atoms with E-state index in [9.17, 15) is 0 Å². The van der Waals surface area contributed by atoms with Crippen molar-refractivity contribution in [3.8, 4) is 5.97 Å². The van der Waals surface area contributed by atoms with Crippen LogP contribution in [0.25, 0.3) is 0 Å². The molecule has 1 aliphatic heterocycles. The molecule has 0 aromatic heterocycles. The van der Waals surface area contributed by atoms with Crippen molar-refractivity contribution in [3.05, 3.63) is 0 Å². The molecule has 1 heterocycles. The molecule has 3 N–H and O–H groups in total. The number of nitrogens with zero attached hydrogens (tertiary/aromatic N) is 1. The van der Waals surface area contributed by atoms with E-state index in [1.54, 1.807) is 0 Å². The first kappa shape index (κ1) is 10.5. The largest absolute Gasteiger partial charge is 0.330 e. The van der Waals surface area contributed by atoms with Crippen molar-refractivity contribution in [2.45, 2.75) is 12.8 Å². The van der Waals surface area contributed by atoms with E-state index in [4.69, 9.17) is 11.0 Å². The van der Waals surface area contributed by atoms with Gasteiger partial charge in [0.15, 0.2) is 0 Å². The van der Waals surface area contributed by atoms with Crippen LogP contribution in [0.4, 0.5) is 0 Å². The highest BCUT2D eigenvalue weighted by Crippen LogP contribution is 2.07. The van der Waals surface area contributed by atoms with Gasteiger partial charge in [-0.25, -0.2) is 5.26 Å². The maximum Gasteiger partial charge on any atom is 0.229 e. The van der Waals surface area contributed by atoms with Crippen LogP contribution < -0.4 is 11.1 Å². The Hall–Kier alpha value is -0.525. The molecule has 3 nitrogen and oxygen atoms in total. The molecular weight excluding hydrogens is 137 g/mol. The Balaban J connectivity index is 0.000000292. The predicted molar refractivity (Wildman–Crippen MR) is 46.0 cm³/mol. The summed E-state index contributed by atoms with van der Waals surface area (Å²) in [6.45, 7) is 3.21. The third-order valence-corrected chi connectivity index (χ3v) is 1.79. The Bertz CT molecular complexity index is 115. The molecule has 0 aliphatic carbocycles. The molecule has 11 heavy (non-hydrogen) atoms. The summed E-state index contributed by atoms with van der Waals surface area (Å²) in [7, 11) is 4.15. The summed E-state index contributed by atoms with van der Waals surface area (Å²) >= 11 is 0. The second-order valence-electron chi connectivity index (χ2n) is 2.56. The minimum absolute atomic E-state index is 0.802. The summed E-state index contributed by atoms with van der Waals surface area (Å²) in [6.07, 6.45) is 2.55. The molecule has 0 aromatic rings. The average Bonchev–Trinajstić information content (AvgIpc) is 2.08. The summed E-state index contributed by atoms with van der Waals surface area (Å²) in [5.41, 5.74) is 5.48. The van der Waals surface area contributed by atoms with Crippen molar-refractivity contribution < 1.29 is 0 Å². The number of nitrogens with one attached hydrogen (secondary N) is 1. The van der Waals surface area contributed by atoms with Gasteiger partial charge in [-0.2, -0.15) is 0 Å². The normalized spacial score (nSPS) is 17.8. The zero-order valence-corrected chi connectivity index (χ0v) is 6.71. The Morgan fingerprint density at radius 1 is 1.55 bits per heavy atom. The molecule has 1 rings (SSSR count). The van der Waals surface area contributed by atoms with E-state index in [1.807, 2.05) is 0 Å². The highest BCUT2D eigenvalue weighted by atomic mass is 14.9. The maximum absolute atomic E-state index is 7.10. The van der Waals surface area contributed by atoms with Gasteiger partial charge in [0, 0.05) is 0 Å². The van der Waals surface area contributed by atoms with Crippen LogP contribution >= 0.6 is 0 Å². The molecule has 0 saturated carbocycles. The van der Waals surface area contributed by atoms with Gasteiger partial charge in [-0.3, -0.25) is 0 Å². The van der Waals surface area contributed by atoms with Crippen LogP contribution in [0.3, 0.4) is 0 Å². The van der Waals surface area contributed by atoms with Crippen LogP contribution in [0.5, 0.6) is 0 Å². The van der Waals surface area contributed by atoms with Crippen LogP contribution in [0.1, 0.15) is 12.8 Å². The fourth-order valence-corrected chi connectivity index (χ4v) is 1.12. The lowest BCUT2D eigenvalue weighted by Crippen LogP contribution is -2.31. The molecule has 0 bridgehead atoms. The Morgan fingerprint density at radius 3 is 2.27 bits per heavy atom. The van der Waals surface area contributed by atoms with Crippen molar-refractivity contribution in [1.82, 2.24) is 5.32 Å². The second-order valence-corrected chi connectivity index (χ2v) is 2.56. The van der Waals surface area contributed by atoms with Gasteiger partial charge in [0.1, 0.15) is 0 Å². The molecule has 0 aromatic carbocycles. The third kappa shape index (κ3) is 5.90. The van der Waals surface area contributed by atoms with Gasteiger partial charge < -0.3 is 11.1 Å². The molecule has 60 valence electrons. The lowest BCUT2D eigenvalue weighted by Gasteiger charge is -2.20. The summed E-state index contributed by atoms with van der Waals surface area (Å²) in [6, 6.07) is 0. The SMILES string of the molecule is NCC1CCNCC1.[B]C#N. The van der Waals surface area contributed by atoms with E-state index in [1.165, 1.54) is 31.9 Å². The topological polar surface area (TPSA) is 61.8 Å². The first-order valence-electron chi connectivity index (χ1n) is 3.85. The van der Waals surface area contributed by atoms with E-state index in [0.717, 1.165) is 12.5 Å². The van der Waals surface area contributed by atoms with Gasteiger partial charge in [-0.1, -0.05) is 0 Å². The number of hydrogen-bond acceptors (Lipinski definition) is 3. The van der Waals surface area contributed by atoms with Gasteiger partial charge in [0.2, 0.25) is 7.85 Å². The number of nitrogens with two attached hydrogens (primary N) is 1. The van der Waals surface area contributed by atoms with E-state index in [0.29, 0.717) is 0 Å². The third-order valence-electron chi connectivity index (χ3n) is 1.79. The first-order chi connectivity index (χ1) is 5.35. The molecule has 4 heteroatoms. The Kier molecular flexibility index (Phi) is 7.22. The number of piperidine rings is 1. The molecule has 0 amide bonds. The Labute approximate surface area is 69.4 Å². The molecule has 0 atom stereocenters. The van der Waals surface area contributed by atoms with E-state index >= 15 is 0 Å². The molecule has 1 fully saturated rings. The summed E-state index contributed by atoms with van der Waals surface area (Å²) in [5, 5.41) is 10.4. The average molecular weight is 151 g/mol. The fraction of sp³-hybridized carbons (Fsp3) is 0.857. The monoisotopic (exact) mass is 151 g/mol. The van der Waals surface area contributed by atoms with E-state index in [-0.39, 0.29) is 0 Å². The minimum atomic E-state index is 0.802. The van der Waals surface area contributed by atoms with Crippen LogP contribution in [0.2, 0.25) is 0 Å². The molecule has 2 radical (unpaired) electrons. The molecule has 0 spiro atoms. The van der Waals surface area contributed by atoms with Crippen LogP contribution in [-0.2, 0) is 0 Å². The van der Waals surface area contributed by atoms with Gasteiger partial charge >= 0.3 is 0 Å². The van der Waals surface area contributed by atoms with Gasteiger partial charge in [0.25, 0.3) is 0 Å². The number of rotatable bonds is 1. The molecule has 1 aliphatic rings. The number of nitriles is 1. The lowest BCUT2D eigenvalue weighted by molar-refractivity contribution is 0.382. The van der Waals surface area contributed by atoms with E-state index in [2.05, 4.69) is 13.2 Å². The minimum Gasteiger partial charge on any atom is -0.330 e. The first-order valence-corrected chi connectivity index (χ1v) is 3.85. The molecule has 0 unspecified atom stereocenters. The summed E-state index contributed by atoms with van der Waals surface area (Å²) in [5.74, 6) is 2.05. The highest BCUT2D eigenvalue weighted by molar-refractivity contribution is 6.20. The van der Waals surface area contributed by atoms with Crippen molar-refractivity contribution in [1.29, 1.82) is 5.26 Å². The Morgan fingerprint density at radius 2 is 2.00 bits per heavy atom. The van der Waals surface area contributed by atoms with Crippen molar-refractivity contribution in [2.75, 3.05) is 19.6 Å². The van der Waals surface area contributed by atoms with Crippen molar-refractivity contribution >= 4 is 7.85 Å². The molecular formula is C7H14BN3. The summed E-state index contributed by atoms with van der Waals surface area (Å²) in [4.78, 5) is 0. The van der Waals surface area contributed by atoms with Crippen LogP contribution in [0, 0.1) is 17.1 Å². The standard InChI is InChI=1S/C6H14N2.CBN/c7-5-6-1-3-8-4-2-6;2-1-3/h6,8H,1-5,7H2;. The zero-order chi connectivity index (χ0) is 8.53. The second kappa shape index (κ2) is 7.58. The zero-order valence-electron chi connectivity index (χ0n) is 6.71.